The largest absolute Gasteiger partial charge is 0.416 e. The Bertz CT molecular complexity index is 411. The summed E-state index contributed by atoms with van der Waals surface area (Å²) < 4.78 is 38.3. The molecule has 0 spiro atoms. The smallest absolute Gasteiger partial charge is 0.313 e. The van der Waals surface area contributed by atoms with Crippen LogP contribution in [0.3, 0.4) is 0 Å². The van der Waals surface area contributed by atoms with E-state index in [-0.39, 0.29) is 6.04 Å². The lowest BCUT2D eigenvalue weighted by atomic mass is 9.89. The number of alkyl halides is 3. The molecule has 0 radical (unpaired) electrons. The summed E-state index contributed by atoms with van der Waals surface area (Å²) in [6, 6.07) is 5.95. The molecule has 4 heteroatoms. The van der Waals surface area contributed by atoms with E-state index in [0.29, 0.717) is 12.3 Å². The van der Waals surface area contributed by atoms with Gasteiger partial charge in [0.15, 0.2) is 0 Å². The van der Waals surface area contributed by atoms with Crippen molar-refractivity contribution in [3.05, 3.63) is 35.4 Å². The van der Waals surface area contributed by atoms with Crippen molar-refractivity contribution in [1.82, 2.24) is 5.32 Å². The fourth-order valence-corrected chi connectivity index (χ4v) is 2.72. The van der Waals surface area contributed by atoms with Crippen LogP contribution in [0.15, 0.2) is 24.3 Å². The van der Waals surface area contributed by atoms with Crippen LogP contribution in [0.25, 0.3) is 0 Å². The molecule has 1 aromatic rings. The van der Waals surface area contributed by atoms with Crippen molar-refractivity contribution in [1.29, 1.82) is 0 Å². The number of hydrogen-bond acceptors (Lipinski definition) is 1. The Hall–Kier alpha value is -1.03. The number of hydrogen-bond donors (Lipinski definition) is 1. The fraction of sp³-hybridized carbons (Fsp3) is 0.647. The maximum Gasteiger partial charge on any atom is 0.416 e. The van der Waals surface area contributed by atoms with Gasteiger partial charge in [-0.15, -0.1) is 0 Å². The standard InChI is InChI=1S/C17H26F3N/c1-4-10-21-16(14(5-2)6-3)12-13-8-7-9-15(11-13)17(18,19)20/h7-9,11,14,16,21H,4-6,10,12H2,1-3H3. The van der Waals surface area contributed by atoms with Gasteiger partial charge in [-0.1, -0.05) is 51.8 Å². The van der Waals surface area contributed by atoms with Crippen LogP contribution < -0.4 is 5.32 Å². The SMILES string of the molecule is CCCNC(Cc1cccc(C(F)(F)F)c1)C(CC)CC. The van der Waals surface area contributed by atoms with E-state index in [4.69, 9.17) is 0 Å². The Balaban J connectivity index is 2.87. The second-order valence-electron chi connectivity index (χ2n) is 5.54. The second kappa shape index (κ2) is 8.42. The molecule has 1 atom stereocenters. The van der Waals surface area contributed by atoms with E-state index in [1.165, 1.54) is 12.1 Å². The van der Waals surface area contributed by atoms with Crippen LogP contribution in [0.5, 0.6) is 0 Å². The maximum atomic E-state index is 12.8. The molecule has 0 aliphatic heterocycles. The summed E-state index contributed by atoms with van der Waals surface area (Å²) in [5, 5.41) is 3.50. The van der Waals surface area contributed by atoms with Crippen molar-refractivity contribution in [3.8, 4) is 0 Å². The molecule has 1 nitrogen and oxygen atoms in total. The first kappa shape index (κ1) is 18.0. The third kappa shape index (κ3) is 5.70. The Morgan fingerprint density at radius 1 is 1.10 bits per heavy atom. The van der Waals surface area contributed by atoms with E-state index in [1.54, 1.807) is 6.07 Å². The highest BCUT2D eigenvalue weighted by atomic mass is 19.4. The molecule has 1 unspecified atom stereocenters. The molecule has 0 heterocycles. The molecule has 0 saturated carbocycles. The number of nitrogens with one attached hydrogen (secondary N) is 1. The monoisotopic (exact) mass is 301 g/mol. The molecule has 1 rings (SSSR count). The predicted molar refractivity (Wildman–Crippen MR) is 81.3 cm³/mol. The zero-order valence-electron chi connectivity index (χ0n) is 13.1. The summed E-state index contributed by atoms with van der Waals surface area (Å²) in [7, 11) is 0. The van der Waals surface area contributed by atoms with E-state index < -0.39 is 11.7 Å². The lowest BCUT2D eigenvalue weighted by Crippen LogP contribution is -2.38. The summed E-state index contributed by atoms with van der Waals surface area (Å²) in [5.41, 5.74) is 0.198. The summed E-state index contributed by atoms with van der Waals surface area (Å²) in [4.78, 5) is 0. The normalized spacial score (nSPS) is 13.7. The molecule has 21 heavy (non-hydrogen) atoms. The minimum absolute atomic E-state index is 0.239. The zero-order valence-corrected chi connectivity index (χ0v) is 13.1. The molecular formula is C17H26F3N. The van der Waals surface area contributed by atoms with Gasteiger partial charge in [-0.25, -0.2) is 0 Å². The maximum absolute atomic E-state index is 12.8. The minimum atomic E-state index is -4.27. The predicted octanol–water partition coefficient (Wildman–Crippen LogP) is 5.05. The Morgan fingerprint density at radius 3 is 2.29 bits per heavy atom. The van der Waals surface area contributed by atoms with Gasteiger partial charge in [0.1, 0.15) is 0 Å². The van der Waals surface area contributed by atoms with Crippen molar-refractivity contribution < 1.29 is 13.2 Å². The van der Waals surface area contributed by atoms with Gasteiger partial charge < -0.3 is 5.32 Å². The zero-order chi connectivity index (χ0) is 15.9. The molecule has 0 saturated heterocycles. The van der Waals surface area contributed by atoms with Gasteiger partial charge in [0.05, 0.1) is 5.56 Å². The van der Waals surface area contributed by atoms with Crippen LogP contribution in [0.2, 0.25) is 0 Å². The molecule has 0 aliphatic carbocycles. The summed E-state index contributed by atoms with van der Waals surface area (Å²) in [6.07, 6.45) is -0.513. The molecule has 0 fully saturated rings. The molecule has 120 valence electrons. The van der Waals surface area contributed by atoms with Gasteiger partial charge in [-0.3, -0.25) is 0 Å². The third-order valence-corrected chi connectivity index (χ3v) is 3.98. The fourth-order valence-electron chi connectivity index (χ4n) is 2.72. The molecule has 0 bridgehead atoms. The van der Waals surface area contributed by atoms with E-state index in [1.807, 2.05) is 0 Å². The van der Waals surface area contributed by atoms with Gasteiger partial charge in [-0.2, -0.15) is 13.2 Å². The average Bonchev–Trinajstić information content (AvgIpc) is 2.45. The van der Waals surface area contributed by atoms with Crippen molar-refractivity contribution in [2.24, 2.45) is 5.92 Å². The first-order valence-electron chi connectivity index (χ1n) is 7.81. The van der Waals surface area contributed by atoms with Crippen LogP contribution in [0.4, 0.5) is 13.2 Å². The lowest BCUT2D eigenvalue weighted by Gasteiger charge is -2.27. The molecule has 0 aliphatic rings. The molecule has 0 amide bonds. The van der Waals surface area contributed by atoms with Crippen LogP contribution in [-0.2, 0) is 12.6 Å². The van der Waals surface area contributed by atoms with Crippen molar-refractivity contribution in [2.45, 2.75) is 58.7 Å². The van der Waals surface area contributed by atoms with E-state index in [9.17, 15) is 13.2 Å². The lowest BCUT2D eigenvalue weighted by molar-refractivity contribution is -0.137. The third-order valence-electron chi connectivity index (χ3n) is 3.98. The molecule has 0 aromatic heterocycles. The second-order valence-corrected chi connectivity index (χ2v) is 5.54. The number of halogens is 3. The molecule has 1 N–H and O–H groups in total. The van der Waals surface area contributed by atoms with Crippen molar-refractivity contribution in [2.75, 3.05) is 6.54 Å². The first-order valence-corrected chi connectivity index (χ1v) is 7.81. The van der Waals surface area contributed by atoms with Crippen LogP contribution >= 0.6 is 0 Å². The van der Waals surface area contributed by atoms with Crippen molar-refractivity contribution in [3.63, 3.8) is 0 Å². The van der Waals surface area contributed by atoms with Gasteiger partial charge >= 0.3 is 6.18 Å². The Kier molecular flexibility index (Phi) is 7.23. The number of rotatable bonds is 8. The van der Waals surface area contributed by atoms with Crippen molar-refractivity contribution >= 4 is 0 Å². The first-order chi connectivity index (χ1) is 9.92. The Labute approximate surface area is 125 Å². The highest BCUT2D eigenvalue weighted by Crippen LogP contribution is 2.30. The van der Waals surface area contributed by atoms with E-state index in [0.717, 1.165) is 37.4 Å². The van der Waals surface area contributed by atoms with Crippen LogP contribution in [0, 0.1) is 5.92 Å². The van der Waals surface area contributed by atoms with Gasteiger partial charge in [0.2, 0.25) is 0 Å². The highest BCUT2D eigenvalue weighted by molar-refractivity contribution is 5.26. The highest BCUT2D eigenvalue weighted by Gasteiger charge is 2.30. The Morgan fingerprint density at radius 2 is 1.76 bits per heavy atom. The molecule has 1 aromatic carbocycles. The van der Waals surface area contributed by atoms with Crippen LogP contribution in [-0.4, -0.2) is 12.6 Å². The topological polar surface area (TPSA) is 12.0 Å². The van der Waals surface area contributed by atoms with E-state index in [2.05, 4.69) is 26.1 Å². The minimum Gasteiger partial charge on any atom is -0.313 e. The number of benzene rings is 1. The summed E-state index contributed by atoms with van der Waals surface area (Å²) in [5.74, 6) is 0.492. The quantitative estimate of drug-likeness (QED) is 0.708. The van der Waals surface area contributed by atoms with Gasteiger partial charge in [0.25, 0.3) is 0 Å². The molecular weight excluding hydrogens is 275 g/mol. The van der Waals surface area contributed by atoms with Gasteiger partial charge in [-0.05, 0) is 36.9 Å². The summed E-state index contributed by atoms with van der Waals surface area (Å²) in [6.45, 7) is 7.28. The van der Waals surface area contributed by atoms with Gasteiger partial charge in [0, 0.05) is 6.04 Å². The van der Waals surface area contributed by atoms with E-state index >= 15 is 0 Å². The van der Waals surface area contributed by atoms with Crippen LogP contribution in [0.1, 0.15) is 51.2 Å². The average molecular weight is 301 g/mol. The summed E-state index contributed by atoms with van der Waals surface area (Å²) >= 11 is 0.